The molecule has 0 amide bonds. The monoisotopic (exact) mass is 394 g/mol. The number of aromatic nitrogens is 1. The summed E-state index contributed by atoms with van der Waals surface area (Å²) in [6.45, 7) is 12.8. The molecule has 4 nitrogen and oxygen atoms in total. The van der Waals surface area contributed by atoms with E-state index < -0.39 is 0 Å². The number of aliphatic imine (C=N–C) groups is 2. The molecule has 4 aliphatic heterocycles. The van der Waals surface area contributed by atoms with Crippen molar-refractivity contribution in [1.29, 1.82) is 0 Å². The van der Waals surface area contributed by atoms with Gasteiger partial charge < -0.3 is 10.3 Å². The highest BCUT2D eigenvalue weighted by atomic mass is 15.0. The summed E-state index contributed by atoms with van der Waals surface area (Å²) in [7, 11) is 0. The van der Waals surface area contributed by atoms with Crippen molar-refractivity contribution in [1.82, 2.24) is 10.3 Å². The molecule has 0 spiro atoms. The van der Waals surface area contributed by atoms with Gasteiger partial charge in [0, 0.05) is 22.3 Å². The van der Waals surface area contributed by atoms with Crippen molar-refractivity contribution in [3.8, 4) is 0 Å². The third-order valence-electron chi connectivity index (χ3n) is 6.35. The molecule has 1 aromatic heterocycles. The van der Waals surface area contributed by atoms with Crippen LogP contribution in [0.3, 0.4) is 0 Å². The van der Waals surface area contributed by atoms with E-state index in [0.717, 1.165) is 44.8 Å². The van der Waals surface area contributed by atoms with Crippen LogP contribution in [0.1, 0.15) is 27.7 Å². The Hall–Kier alpha value is -3.40. The van der Waals surface area contributed by atoms with Crippen LogP contribution in [0.5, 0.6) is 0 Å². The Morgan fingerprint density at radius 1 is 1.03 bits per heavy atom. The number of fused-ring (bicyclic) bond motifs is 6. The largest absolute Gasteiger partial charge is 0.375 e. The number of rotatable bonds is 1. The predicted molar refractivity (Wildman–Crippen MR) is 125 cm³/mol. The molecule has 0 aromatic carbocycles. The van der Waals surface area contributed by atoms with Gasteiger partial charge >= 0.3 is 0 Å². The van der Waals surface area contributed by atoms with Crippen molar-refractivity contribution >= 4 is 23.6 Å². The molecule has 0 aliphatic carbocycles. The minimum atomic E-state index is -0.297. The molecule has 5 heterocycles. The van der Waals surface area contributed by atoms with Crippen LogP contribution in [0.25, 0.3) is 12.2 Å². The molecule has 2 N–H and O–H groups in total. The number of hydrogen-bond acceptors (Lipinski definition) is 3. The van der Waals surface area contributed by atoms with E-state index >= 15 is 0 Å². The minimum Gasteiger partial charge on any atom is -0.375 e. The smallest absolute Gasteiger partial charge is 0.0690 e. The van der Waals surface area contributed by atoms with E-state index in [-0.39, 0.29) is 11.5 Å². The SMILES string of the molecule is C=CC1C(C)=C2NC1(C)C=C1C=CC(=N1)C=c1ccc([nH]1)=CC1=NC(=C2C)C=C1C. The first-order valence-electron chi connectivity index (χ1n) is 10.3. The maximum Gasteiger partial charge on any atom is 0.0690 e. The number of allylic oxidation sites excluding steroid dienone is 5. The number of nitrogens with zero attached hydrogens (tertiary/aromatic N) is 2. The molecule has 2 unspecified atom stereocenters. The second-order valence-corrected chi connectivity index (χ2v) is 8.61. The highest BCUT2D eigenvalue weighted by Gasteiger charge is 2.40. The fraction of sp³-hybridized carbons (Fsp3) is 0.231. The van der Waals surface area contributed by atoms with E-state index in [1.54, 1.807) is 0 Å². The summed E-state index contributed by atoms with van der Waals surface area (Å²) in [4.78, 5) is 13.2. The standard InChI is InChI=1S/C26H26N4/c1-6-22-16(3)25-17(4)24-11-15(2)23(29-24)13-20-8-7-18(27-20)12-19-9-10-21(28-19)14-26(22,5)30-25/h6-14,22,27,30H,1H2,2-5H3. The van der Waals surface area contributed by atoms with Crippen LogP contribution in [-0.2, 0) is 0 Å². The molecular weight excluding hydrogens is 368 g/mol. The molecular formula is C26H26N4. The predicted octanol–water partition coefficient (Wildman–Crippen LogP) is 3.60. The first-order valence-corrected chi connectivity index (χ1v) is 10.3. The van der Waals surface area contributed by atoms with Gasteiger partial charge in [-0.3, -0.25) is 0 Å². The second kappa shape index (κ2) is 6.56. The molecule has 8 bridgehead atoms. The summed E-state index contributed by atoms with van der Waals surface area (Å²) in [5.74, 6) is 0.176. The van der Waals surface area contributed by atoms with Crippen molar-refractivity contribution in [3.05, 3.63) is 93.6 Å². The summed E-state index contributed by atoms with van der Waals surface area (Å²) < 4.78 is 0. The zero-order valence-corrected chi connectivity index (χ0v) is 17.9. The third kappa shape index (κ3) is 2.91. The second-order valence-electron chi connectivity index (χ2n) is 8.61. The summed E-state index contributed by atoms with van der Waals surface area (Å²) >= 11 is 0. The third-order valence-corrected chi connectivity index (χ3v) is 6.35. The van der Waals surface area contributed by atoms with Crippen molar-refractivity contribution in [3.63, 3.8) is 0 Å². The van der Waals surface area contributed by atoms with E-state index in [0.29, 0.717) is 0 Å². The van der Waals surface area contributed by atoms with Crippen LogP contribution >= 0.6 is 0 Å². The lowest BCUT2D eigenvalue weighted by molar-refractivity contribution is 0.447. The number of nitrogens with one attached hydrogen (secondary N) is 2. The Kier molecular flexibility index (Phi) is 4.07. The molecule has 5 rings (SSSR count). The Morgan fingerprint density at radius 2 is 1.80 bits per heavy atom. The maximum absolute atomic E-state index is 4.95. The summed E-state index contributed by atoms with van der Waals surface area (Å²) in [6.07, 6.45) is 14.7. The summed E-state index contributed by atoms with van der Waals surface area (Å²) in [5, 5.41) is 5.84. The van der Waals surface area contributed by atoms with Gasteiger partial charge in [-0.2, -0.15) is 0 Å². The van der Waals surface area contributed by atoms with Crippen LogP contribution in [0, 0.1) is 5.92 Å². The molecule has 0 radical (unpaired) electrons. The molecule has 1 aromatic rings. The summed E-state index contributed by atoms with van der Waals surface area (Å²) in [5.41, 5.74) is 8.36. The molecule has 0 saturated heterocycles. The Morgan fingerprint density at radius 3 is 2.57 bits per heavy atom. The lowest BCUT2D eigenvalue weighted by Crippen LogP contribution is -2.41. The average Bonchev–Trinajstić information content (AvgIpc) is 3.45. The van der Waals surface area contributed by atoms with Gasteiger partial charge in [0.1, 0.15) is 0 Å². The van der Waals surface area contributed by atoms with Crippen LogP contribution in [0.4, 0.5) is 0 Å². The zero-order valence-electron chi connectivity index (χ0n) is 17.9. The van der Waals surface area contributed by atoms with Crippen LogP contribution in [0.2, 0.25) is 0 Å². The molecule has 150 valence electrons. The first kappa shape index (κ1) is 18.6. The molecule has 0 saturated carbocycles. The van der Waals surface area contributed by atoms with E-state index in [1.807, 2.05) is 6.08 Å². The maximum atomic E-state index is 4.95. The van der Waals surface area contributed by atoms with Crippen LogP contribution in [0.15, 0.2) is 92.9 Å². The van der Waals surface area contributed by atoms with Crippen molar-refractivity contribution < 1.29 is 0 Å². The minimum absolute atomic E-state index is 0.176. The molecule has 4 heteroatoms. The van der Waals surface area contributed by atoms with Crippen LogP contribution in [-0.4, -0.2) is 21.9 Å². The fourth-order valence-corrected chi connectivity index (χ4v) is 4.75. The van der Waals surface area contributed by atoms with Gasteiger partial charge in [0.05, 0.1) is 28.4 Å². The first-order chi connectivity index (χ1) is 14.4. The van der Waals surface area contributed by atoms with Crippen molar-refractivity contribution in [2.24, 2.45) is 15.9 Å². The molecule has 30 heavy (non-hydrogen) atoms. The van der Waals surface area contributed by atoms with E-state index in [2.05, 4.69) is 93.2 Å². The normalized spacial score (nSPS) is 27.1. The molecule has 4 aliphatic rings. The highest BCUT2D eigenvalue weighted by Crippen LogP contribution is 2.40. The lowest BCUT2D eigenvalue weighted by Gasteiger charge is -2.29. The van der Waals surface area contributed by atoms with Gasteiger partial charge in [0.15, 0.2) is 0 Å². The average molecular weight is 395 g/mol. The van der Waals surface area contributed by atoms with E-state index in [1.165, 1.54) is 11.1 Å². The summed E-state index contributed by atoms with van der Waals surface area (Å²) in [6, 6.07) is 4.15. The van der Waals surface area contributed by atoms with Gasteiger partial charge in [0.2, 0.25) is 0 Å². The zero-order chi connectivity index (χ0) is 21.0. The van der Waals surface area contributed by atoms with E-state index in [9.17, 15) is 0 Å². The molecule has 2 atom stereocenters. The van der Waals surface area contributed by atoms with Crippen LogP contribution < -0.4 is 16.0 Å². The topological polar surface area (TPSA) is 52.5 Å². The highest BCUT2D eigenvalue weighted by molar-refractivity contribution is 6.22. The Bertz CT molecular complexity index is 1320. The number of hydrogen-bond donors (Lipinski definition) is 2. The van der Waals surface area contributed by atoms with Gasteiger partial charge in [-0.1, -0.05) is 6.08 Å². The van der Waals surface area contributed by atoms with Gasteiger partial charge in [0.25, 0.3) is 0 Å². The van der Waals surface area contributed by atoms with Gasteiger partial charge in [-0.05, 0) is 93.0 Å². The van der Waals surface area contributed by atoms with Gasteiger partial charge in [-0.15, -0.1) is 6.58 Å². The van der Waals surface area contributed by atoms with Crippen molar-refractivity contribution in [2.75, 3.05) is 0 Å². The Balaban J connectivity index is 1.77. The fourth-order valence-electron chi connectivity index (χ4n) is 4.75. The van der Waals surface area contributed by atoms with Crippen molar-refractivity contribution in [2.45, 2.75) is 33.2 Å². The molecule has 0 fully saturated rings. The number of aromatic amines is 1. The number of H-pyrrole nitrogens is 1. The lowest BCUT2D eigenvalue weighted by atomic mass is 9.83. The van der Waals surface area contributed by atoms with E-state index in [4.69, 9.17) is 9.98 Å². The van der Waals surface area contributed by atoms with Gasteiger partial charge in [-0.25, -0.2) is 9.98 Å². The Labute approximate surface area is 176 Å². The quantitative estimate of drug-likeness (QED) is 0.703.